The van der Waals surface area contributed by atoms with Gasteiger partial charge < -0.3 is 10.1 Å². The van der Waals surface area contributed by atoms with Crippen LogP contribution in [0.2, 0.25) is 0 Å². The zero-order valence-corrected chi connectivity index (χ0v) is 12.4. The highest BCUT2D eigenvalue weighted by atomic mass is 16.5. The molecule has 1 atom stereocenters. The number of aromatic nitrogens is 1. The third kappa shape index (κ3) is 4.39. The highest BCUT2D eigenvalue weighted by Crippen LogP contribution is 2.21. The number of carbonyl (C=O) groups is 1. The number of amides is 1. The average molecular weight is 284 g/mol. The van der Waals surface area contributed by atoms with Gasteiger partial charge in [0.15, 0.2) is 0 Å². The van der Waals surface area contributed by atoms with E-state index in [9.17, 15) is 4.79 Å². The number of pyridine rings is 1. The van der Waals surface area contributed by atoms with Gasteiger partial charge in [-0.15, -0.1) is 0 Å². The smallest absolute Gasteiger partial charge is 0.246 e. The second kappa shape index (κ2) is 7.55. The van der Waals surface area contributed by atoms with Crippen molar-refractivity contribution in [1.29, 1.82) is 0 Å². The number of benzene rings is 1. The molecule has 1 N–H and O–H groups in total. The molecule has 1 amide bonds. The van der Waals surface area contributed by atoms with Crippen molar-refractivity contribution in [2.24, 2.45) is 0 Å². The van der Waals surface area contributed by atoms with Gasteiger partial charge in [-0.25, -0.2) is 0 Å². The summed E-state index contributed by atoms with van der Waals surface area (Å²) in [4.78, 5) is 15.7. The highest BCUT2D eigenvalue weighted by Gasteiger charge is 2.09. The van der Waals surface area contributed by atoms with Gasteiger partial charge in [-0.2, -0.15) is 0 Å². The molecule has 4 nitrogen and oxygen atoms in total. The lowest BCUT2D eigenvalue weighted by Crippen LogP contribution is -2.30. The first-order valence-corrected chi connectivity index (χ1v) is 7.08. The van der Waals surface area contributed by atoms with Crippen LogP contribution in [0.4, 0.5) is 0 Å². The van der Waals surface area contributed by atoms with Gasteiger partial charge in [0.05, 0.1) is 6.04 Å². The zero-order valence-electron chi connectivity index (χ0n) is 12.4. The number of ether oxygens (including phenoxy) is 1. The molecule has 1 aromatic heterocycles. The maximum absolute atomic E-state index is 11.6. The van der Waals surface area contributed by atoms with Crippen molar-refractivity contribution in [2.45, 2.75) is 19.9 Å². The number of carbonyl (C=O) groups excluding carboxylic acids is 1. The molecule has 2 rings (SSSR count). The molecule has 0 bridgehead atoms. The highest BCUT2D eigenvalue weighted by molar-refractivity contribution is 5.77. The summed E-state index contributed by atoms with van der Waals surface area (Å²) in [5.41, 5.74) is 3.25. The number of hydrogen-bond donors (Lipinski definition) is 1. The molecule has 0 fully saturated rings. The molecule has 0 spiro atoms. The van der Waals surface area contributed by atoms with Gasteiger partial charge >= 0.3 is 0 Å². The Hall–Kier alpha value is -2.20. The van der Waals surface area contributed by atoms with Gasteiger partial charge in [-0.1, -0.05) is 30.3 Å². The summed E-state index contributed by atoms with van der Waals surface area (Å²) in [5.74, 6) is -0.0966. The fraction of sp³-hybridized carbons (Fsp3) is 0.294. The molecule has 110 valence electrons. The van der Waals surface area contributed by atoms with E-state index in [0.717, 1.165) is 16.7 Å². The van der Waals surface area contributed by atoms with Gasteiger partial charge in [-0.3, -0.25) is 9.78 Å². The fourth-order valence-corrected chi connectivity index (χ4v) is 2.06. The maximum atomic E-state index is 11.6. The van der Waals surface area contributed by atoms with Crippen LogP contribution in [0.25, 0.3) is 11.1 Å². The largest absolute Gasteiger partial charge is 0.372 e. The normalized spacial score (nSPS) is 11.9. The maximum Gasteiger partial charge on any atom is 0.246 e. The summed E-state index contributed by atoms with van der Waals surface area (Å²) in [6.07, 6.45) is 3.59. The van der Waals surface area contributed by atoms with Crippen LogP contribution in [-0.2, 0) is 9.53 Å². The summed E-state index contributed by atoms with van der Waals surface area (Å²) in [6.45, 7) is 4.48. The van der Waals surface area contributed by atoms with E-state index in [-0.39, 0.29) is 18.6 Å². The van der Waals surface area contributed by atoms with Crippen molar-refractivity contribution in [2.75, 3.05) is 13.2 Å². The average Bonchev–Trinajstić information content (AvgIpc) is 2.54. The van der Waals surface area contributed by atoms with Gasteiger partial charge in [0.25, 0.3) is 0 Å². The fourth-order valence-electron chi connectivity index (χ4n) is 2.06. The Morgan fingerprint density at radius 3 is 2.62 bits per heavy atom. The van der Waals surface area contributed by atoms with Gasteiger partial charge in [0.1, 0.15) is 6.61 Å². The lowest BCUT2D eigenvalue weighted by Gasteiger charge is -2.15. The molecular formula is C17H20N2O2. The number of hydrogen-bond acceptors (Lipinski definition) is 3. The molecule has 0 saturated heterocycles. The van der Waals surface area contributed by atoms with Crippen LogP contribution in [0.5, 0.6) is 0 Å². The van der Waals surface area contributed by atoms with Crippen LogP contribution >= 0.6 is 0 Å². The van der Waals surface area contributed by atoms with E-state index in [1.54, 1.807) is 6.20 Å². The van der Waals surface area contributed by atoms with Crippen LogP contribution < -0.4 is 5.32 Å². The monoisotopic (exact) mass is 284 g/mol. The minimum absolute atomic E-state index is 0.0408. The Balaban J connectivity index is 2.00. The molecule has 21 heavy (non-hydrogen) atoms. The molecular weight excluding hydrogens is 264 g/mol. The second-order valence-electron chi connectivity index (χ2n) is 4.79. The van der Waals surface area contributed by atoms with E-state index in [1.807, 2.05) is 56.4 Å². The van der Waals surface area contributed by atoms with Crippen LogP contribution in [0.15, 0.2) is 48.8 Å². The third-order valence-electron chi connectivity index (χ3n) is 3.22. The minimum Gasteiger partial charge on any atom is -0.372 e. The molecule has 4 heteroatoms. The first-order valence-electron chi connectivity index (χ1n) is 7.08. The number of nitrogens with zero attached hydrogens (tertiary/aromatic N) is 1. The van der Waals surface area contributed by atoms with E-state index in [4.69, 9.17) is 4.74 Å². The third-order valence-corrected chi connectivity index (χ3v) is 3.22. The number of nitrogens with one attached hydrogen (secondary N) is 1. The Kier molecular flexibility index (Phi) is 5.46. The topological polar surface area (TPSA) is 51.2 Å². The van der Waals surface area contributed by atoms with Crippen molar-refractivity contribution in [3.8, 4) is 11.1 Å². The zero-order chi connectivity index (χ0) is 15.1. The van der Waals surface area contributed by atoms with Gasteiger partial charge in [-0.05, 0) is 36.6 Å². The number of rotatable bonds is 6. The van der Waals surface area contributed by atoms with Crippen molar-refractivity contribution < 1.29 is 9.53 Å². The molecule has 1 heterocycles. The Morgan fingerprint density at radius 2 is 2.00 bits per heavy atom. The van der Waals surface area contributed by atoms with Crippen LogP contribution in [0, 0.1) is 0 Å². The minimum atomic E-state index is -0.0966. The van der Waals surface area contributed by atoms with E-state index >= 15 is 0 Å². The Bertz CT molecular complexity index is 567. The molecule has 2 aromatic rings. The molecule has 0 unspecified atom stereocenters. The predicted octanol–water partition coefficient (Wildman–Crippen LogP) is 2.96. The van der Waals surface area contributed by atoms with Crippen molar-refractivity contribution in [3.63, 3.8) is 0 Å². The summed E-state index contributed by atoms with van der Waals surface area (Å²) in [7, 11) is 0. The van der Waals surface area contributed by atoms with Crippen molar-refractivity contribution in [1.82, 2.24) is 10.3 Å². The van der Waals surface area contributed by atoms with E-state index in [0.29, 0.717) is 6.61 Å². The van der Waals surface area contributed by atoms with Gasteiger partial charge in [0.2, 0.25) is 5.91 Å². The lowest BCUT2D eigenvalue weighted by molar-refractivity contribution is -0.126. The predicted molar refractivity (Wildman–Crippen MR) is 82.7 cm³/mol. The van der Waals surface area contributed by atoms with E-state index in [2.05, 4.69) is 10.3 Å². The molecule has 0 radical (unpaired) electrons. The summed E-state index contributed by atoms with van der Waals surface area (Å²) in [6, 6.07) is 12.0. The SMILES string of the molecule is CCOCC(=O)N[C@H](C)c1ccc(-c2cccnc2)cc1. The quantitative estimate of drug-likeness (QED) is 0.887. The van der Waals surface area contributed by atoms with Crippen molar-refractivity contribution >= 4 is 5.91 Å². The second-order valence-corrected chi connectivity index (χ2v) is 4.79. The van der Waals surface area contributed by atoms with Crippen molar-refractivity contribution in [3.05, 3.63) is 54.4 Å². The lowest BCUT2D eigenvalue weighted by atomic mass is 10.0. The summed E-state index contributed by atoms with van der Waals surface area (Å²) >= 11 is 0. The van der Waals surface area contributed by atoms with Crippen LogP contribution in [0.1, 0.15) is 25.5 Å². The molecule has 0 aliphatic carbocycles. The summed E-state index contributed by atoms with van der Waals surface area (Å²) < 4.78 is 5.09. The molecule has 0 aliphatic heterocycles. The van der Waals surface area contributed by atoms with E-state index in [1.165, 1.54) is 0 Å². The van der Waals surface area contributed by atoms with Crippen LogP contribution in [-0.4, -0.2) is 24.1 Å². The molecule has 1 aromatic carbocycles. The first kappa shape index (κ1) is 15.2. The van der Waals surface area contributed by atoms with E-state index < -0.39 is 0 Å². The summed E-state index contributed by atoms with van der Waals surface area (Å²) in [5, 5.41) is 2.91. The first-order chi connectivity index (χ1) is 10.2. The molecule has 0 aliphatic rings. The van der Waals surface area contributed by atoms with Crippen LogP contribution in [0.3, 0.4) is 0 Å². The Morgan fingerprint density at radius 1 is 1.24 bits per heavy atom. The standard InChI is InChI=1S/C17H20N2O2/c1-3-21-12-17(20)19-13(2)14-6-8-15(9-7-14)16-5-4-10-18-11-16/h4-11,13H,3,12H2,1-2H3,(H,19,20)/t13-/m1/s1. The molecule has 0 saturated carbocycles. The van der Waals surface area contributed by atoms with Gasteiger partial charge in [0, 0.05) is 19.0 Å². The Labute approximate surface area is 125 Å².